The molecule has 1 aromatic carbocycles. The quantitative estimate of drug-likeness (QED) is 0.640. The number of hydrogen-bond acceptors (Lipinski definition) is 3. The van der Waals surface area contributed by atoms with Crippen molar-refractivity contribution in [1.29, 1.82) is 0 Å². The number of carbonyl (C=O) groups is 1. The Balaban J connectivity index is 1.65. The minimum atomic E-state index is -4.44. The smallest absolute Gasteiger partial charge is 0.416 e. The van der Waals surface area contributed by atoms with Crippen LogP contribution in [0.3, 0.4) is 0 Å². The molecule has 0 bridgehead atoms. The average Bonchev–Trinajstić information content (AvgIpc) is 3.25. The van der Waals surface area contributed by atoms with Crippen molar-refractivity contribution < 1.29 is 22.4 Å². The summed E-state index contributed by atoms with van der Waals surface area (Å²) >= 11 is 0. The Morgan fingerprint density at radius 2 is 2.03 bits per heavy atom. The number of halogens is 3. The second-order valence-electron chi connectivity index (χ2n) is 7.32. The fourth-order valence-corrected chi connectivity index (χ4v) is 3.33. The molecule has 2 aromatic heterocycles. The Hall–Kier alpha value is -3.03. The maximum Gasteiger partial charge on any atom is 0.416 e. The van der Waals surface area contributed by atoms with Crippen LogP contribution >= 0.6 is 0 Å². The van der Waals surface area contributed by atoms with Crippen LogP contribution in [0.2, 0.25) is 0 Å². The lowest BCUT2D eigenvalue weighted by Crippen LogP contribution is -2.27. The average molecular weight is 403 g/mol. The predicted molar refractivity (Wildman–Crippen MR) is 99.9 cm³/mol. The number of rotatable bonds is 5. The van der Waals surface area contributed by atoms with Gasteiger partial charge in [0.25, 0.3) is 5.91 Å². The third-order valence-electron chi connectivity index (χ3n) is 4.97. The van der Waals surface area contributed by atoms with Gasteiger partial charge in [-0.3, -0.25) is 4.79 Å². The Kier molecular flexibility index (Phi) is 4.72. The zero-order chi connectivity index (χ0) is 20.8. The second kappa shape index (κ2) is 7.09. The van der Waals surface area contributed by atoms with E-state index in [-0.39, 0.29) is 23.6 Å². The van der Waals surface area contributed by atoms with Gasteiger partial charge in [0.15, 0.2) is 0 Å². The molecule has 1 N–H and O–H groups in total. The Bertz CT molecular complexity index is 1050. The summed E-state index contributed by atoms with van der Waals surface area (Å²) < 4.78 is 46.3. The minimum Gasteiger partial charge on any atom is -0.464 e. The molecule has 1 atom stereocenters. The van der Waals surface area contributed by atoms with Crippen molar-refractivity contribution in [2.75, 3.05) is 0 Å². The number of furan rings is 1. The topological polar surface area (TPSA) is 60.1 Å². The molecular formula is C21H20F3N3O2. The molecule has 152 valence electrons. The van der Waals surface area contributed by atoms with E-state index in [0.29, 0.717) is 17.0 Å². The molecule has 8 heteroatoms. The number of aromatic nitrogens is 2. The molecule has 1 unspecified atom stereocenters. The molecule has 5 nitrogen and oxygen atoms in total. The maximum atomic E-state index is 13.1. The molecule has 1 fully saturated rings. The molecule has 1 aliphatic carbocycles. The van der Waals surface area contributed by atoms with Gasteiger partial charge >= 0.3 is 6.18 Å². The van der Waals surface area contributed by atoms with Gasteiger partial charge in [-0.15, -0.1) is 0 Å². The summed E-state index contributed by atoms with van der Waals surface area (Å²) in [5.74, 6) is 1.16. The zero-order valence-corrected chi connectivity index (χ0v) is 16.0. The van der Waals surface area contributed by atoms with Crippen molar-refractivity contribution >= 4 is 5.91 Å². The summed E-state index contributed by atoms with van der Waals surface area (Å²) in [6.45, 7) is 3.63. The van der Waals surface area contributed by atoms with Crippen molar-refractivity contribution in [3.05, 3.63) is 70.9 Å². The minimum absolute atomic E-state index is 0.106. The Morgan fingerprint density at radius 3 is 2.66 bits per heavy atom. The maximum absolute atomic E-state index is 13.1. The Morgan fingerprint density at radius 1 is 1.28 bits per heavy atom. The van der Waals surface area contributed by atoms with E-state index in [1.807, 2.05) is 19.9 Å². The van der Waals surface area contributed by atoms with E-state index < -0.39 is 11.7 Å². The van der Waals surface area contributed by atoms with E-state index in [0.717, 1.165) is 30.7 Å². The van der Waals surface area contributed by atoms with Crippen molar-refractivity contribution in [2.45, 2.75) is 44.8 Å². The molecular weight excluding hydrogens is 383 g/mol. The van der Waals surface area contributed by atoms with Gasteiger partial charge in [-0.25, -0.2) is 4.68 Å². The van der Waals surface area contributed by atoms with Gasteiger partial charge in [0.2, 0.25) is 0 Å². The molecule has 2 heterocycles. The summed E-state index contributed by atoms with van der Waals surface area (Å²) in [6, 6.07) is 8.24. The molecule has 0 aliphatic heterocycles. The standard InChI is InChI=1S/C21H20F3N3O2/c1-12-6-9-18(29-12)13(2)26-20(28)17-11-25-27(19(17)14-7-8-14)16-5-3-4-15(10-16)21(22,23)24/h3-6,9-11,13-14H,7-8H2,1-2H3,(H,26,28). The molecule has 3 aromatic rings. The monoisotopic (exact) mass is 403 g/mol. The number of benzene rings is 1. The first-order valence-electron chi connectivity index (χ1n) is 9.37. The first kappa shape index (κ1) is 19.3. The first-order chi connectivity index (χ1) is 13.7. The fraction of sp³-hybridized carbons (Fsp3) is 0.333. The van der Waals surface area contributed by atoms with Crippen molar-refractivity contribution in [3.63, 3.8) is 0 Å². The van der Waals surface area contributed by atoms with Crippen LogP contribution in [0.15, 0.2) is 47.0 Å². The summed E-state index contributed by atoms with van der Waals surface area (Å²) in [4.78, 5) is 12.9. The number of aryl methyl sites for hydroxylation is 1. The van der Waals surface area contributed by atoms with Gasteiger partial charge in [-0.2, -0.15) is 18.3 Å². The summed E-state index contributed by atoms with van der Waals surface area (Å²) in [7, 11) is 0. The largest absolute Gasteiger partial charge is 0.464 e. The second-order valence-corrected chi connectivity index (χ2v) is 7.32. The predicted octanol–water partition coefficient (Wildman–Crippen LogP) is 5.16. The highest BCUT2D eigenvalue weighted by atomic mass is 19.4. The number of carbonyl (C=O) groups excluding carboxylic acids is 1. The van der Waals surface area contributed by atoms with Crippen molar-refractivity contribution in [3.8, 4) is 5.69 Å². The fourth-order valence-electron chi connectivity index (χ4n) is 3.33. The highest BCUT2D eigenvalue weighted by Gasteiger charge is 2.35. The molecule has 1 amide bonds. The van der Waals surface area contributed by atoms with E-state index in [1.165, 1.54) is 16.9 Å². The highest BCUT2D eigenvalue weighted by Crippen LogP contribution is 2.43. The summed E-state index contributed by atoms with van der Waals surface area (Å²) in [6.07, 6.45) is -1.28. The van der Waals surface area contributed by atoms with Gasteiger partial charge < -0.3 is 9.73 Å². The zero-order valence-electron chi connectivity index (χ0n) is 16.0. The van der Waals surface area contributed by atoms with Crippen LogP contribution in [-0.2, 0) is 6.18 Å². The lowest BCUT2D eigenvalue weighted by atomic mass is 10.1. The normalized spacial score (nSPS) is 15.3. The third kappa shape index (κ3) is 3.92. The van der Waals surface area contributed by atoms with Gasteiger partial charge in [-0.1, -0.05) is 6.07 Å². The summed E-state index contributed by atoms with van der Waals surface area (Å²) in [5, 5.41) is 7.12. The number of hydrogen-bond donors (Lipinski definition) is 1. The van der Waals surface area contributed by atoms with Gasteiger partial charge in [0.1, 0.15) is 11.5 Å². The van der Waals surface area contributed by atoms with Crippen LogP contribution in [0, 0.1) is 6.92 Å². The molecule has 0 radical (unpaired) electrons. The number of alkyl halides is 3. The SMILES string of the molecule is Cc1ccc(C(C)NC(=O)c2cnn(-c3cccc(C(F)(F)F)c3)c2C2CC2)o1. The van der Waals surface area contributed by atoms with Crippen LogP contribution in [-0.4, -0.2) is 15.7 Å². The Labute approximate surface area is 165 Å². The molecule has 0 spiro atoms. The van der Waals surface area contributed by atoms with Gasteiger partial charge in [0.05, 0.1) is 34.7 Å². The first-order valence-corrected chi connectivity index (χ1v) is 9.37. The van der Waals surface area contributed by atoms with E-state index in [2.05, 4.69) is 10.4 Å². The third-order valence-corrected chi connectivity index (χ3v) is 4.97. The lowest BCUT2D eigenvalue weighted by Gasteiger charge is -2.14. The van der Waals surface area contributed by atoms with E-state index in [1.54, 1.807) is 12.1 Å². The molecule has 4 rings (SSSR count). The van der Waals surface area contributed by atoms with E-state index >= 15 is 0 Å². The highest BCUT2D eigenvalue weighted by molar-refractivity contribution is 5.95. The van der Waals surface area contributed by atoms with E-state index in [9.17, 15) is 18.0 Å². The number of nitrogens with one attached hydrogen (secondary N) is 1. The summed E-state index contributed by atoms with van der Waals surface area (Å²) in [5.41, 5.74) is 0.556. The molecule has 1 saturated carbocycles. The van der Waals surface area contributed by atoms with Gasteiger partial charge in [0, 0.05) is 5.92 Å². The van der Waals surface area contributed by atoms with Crippen LogP contribution in [0.25, 0.3) is 5.69 Å². The van der Waals surface area contributed by atoms with E-state index in [4.69, 9.17) is 4.42 Å². The number of amides is 1. The lowest BCUT2D eigenvalue weighted by molar-refractivity contribution is -0.137. The number of nitrogens with zero attached hydrogens (tertiary/aromatic N) is 2. The van der Waals surface area contributed by atoms with Crippen LogP contribution in [0.4, 0.5) is 13.2 Å². The molecule has 29 heavy (non-hydrogen) atoms. The van der Waals surface area contributed by atoms with Gasteiger partial charge in [-0.05, 0) is 57.0 Å². The molecule has 0 saturated heterocycles. The van der Waals surface area contributed by atoms with Crippen LogP contribution in [0.1, 0.15) is 64.9 Å². The van der Waals surface area contributed by atoms with Crippen LogP contribution in [0.5, 0.6) is 0 Å². The van der Waals surface area contributed by atoms with Crippen LogP contribution < -0.4 is 5.32 Å². The molecule has 1 aliphatic rings. The van der Waals surface area contributed by atoms with Crippen molar-refractivity contribution in [2.24, 2.45) is 0 Å². The van der Waals surface area contributed by atoms with Crippen molar-refractivity contribution in [1.82, 2.24) is 15.1 Å².